The van der Waals surface area contributed by atoms with Gasteiger partial charge < -0.3 is 14.2 Å². The smallest absolute Gasteiger partial charge is 0.242 e. The molecule has 4 nitrogen and oxygen atoms in total. The standard InChI is InChI=1S/C25H36N2O2/c1-5-26(18-9-7-6-8-10-18)24(28)17-27-22-15-19(29-4)11-12-20(22)21-13-14-25(2,3)16-23(21)27/h11-12,15,18H,5-10,13-14,16-17H2,1-4H3. The zero-order valence-corrected chi connectivity index (χ0v) is 18.6. The predicted octanol–water partition coefficient (Wildman–Crippen LogP) is 5.35. The molecule has 29 heavy (non-hydrogen) atoms. The number of rotatable bonds is 5. The van der Waals surface area contributed by atoms with E-state index < -0.39 is 0 Å². The number of benzene rings is 1. The van der Waals surface area contributed by atoms with Crippen LogP contribution in [0.15, 0.2) is 18.2 Å². The number of likely N-dealkylation sites (N-methyl/N-ethyl adjacent to an activating group) is 1. The number of amides is 1. The molecule has 0 saturated heterocycles. The van der Waals surface area contributed by atoms with Crippen LogP contribution in [0.5, 0.6) is 5.75 Å². The minimum atomic E-state index is 0.269. The largest absolute Gasteiger partial charge is 0.497 e. The lowest BCUT2D eigenvalue weighted by atomic mass is 9.76. The van der Waals surface area contributed by atoms with E-state index in [0.717, 1.165) is 43.5 Å². The van der Waals surface area contributed by atoms with E-state index in [9.17, 15) is 4.79 Å². The number of carbonyl (C=O) groups excluding carboxylic acids is 1. The third-order valence-electron chi connectivity index (χ3n) is 7.16. The van der Waals surface area contributed by atoms with Crippen LogP contribution in [-0.4, -0.2) is 35.1 Å². The summed E-state index contributed by atoms with van der Waals surface area (Å²) in [6, 6.07) is 6.77. The predicted molar refractivity (Wildman–Crippen MR) is 119 cm³/mol. The fourth-order valence-electron chi connectivity index (χ4n) is 5.50. The number of aromatic nitrogens is 1. The van der Waals surface area contributed by atoms with E-state index in [1.54, 1.807) is 7.11 Å². The molecular formula is C25H36N2O2. The Kier molecular flexibility index (Phi) is 5.63. The van der Waals surface area contributed by atoms with Crippen molar-refractivity contribution >= 4 is 16.8 Å². The van der Waals surface area contributed by atoms with Crippen molar-refractivity contribution in [2.45, 2.75) is 84.7 Å². The van der Waals surface area contributed by atoms with Gasteiger partial charge in [-0.25, -0.2) is 0 Å². The van der Waals surface area contributed by atoms with E-state index in [2.05, 4.69) is 48.4 Å². The summed E-state index contributed by atoms with van der Waals surface area (Å²) < 4.78 is 7.82. The average Bonchev–Trinajstić information content (AvgIpc) is 3.00. The minimum absolute atomic E-state index is 0.269. The highest BCUT2D eigenvalue weighted by atomic mass is 16.5. The molecule has 4 rings (SSSR count). The Morgan fingerprint density at radius 1 is 1.24 bits per heavy atom. The first-order valence-corrected chi connectivity index (χ1v) is 11.4. The summed E-state index contributed by atoms with van der Waals surface area (Å²) in [5.74, 6) is 1.13. The maximum absolute atomic E-state index is 13.5. The molecule has 1 saturated carbocycles. The highest BCUT2D eigenvalue weighted by molar-refractivity contribution is 5.89. The first kappa shape index (κ1) is 20.3. The van der Waals surface area contributed by atoms with Crippen molar-refractivity contribution in [3.8, 4) is 5.75 Å². The van der Waals surface area contributed by atoms with Crippen LogP contribution < -0.4 is 4.74 Å². The van der Waals surface area contributed by atoms with E-state index in [1.807, 2.05) is 0 Å². The van der Waals surface area contributed by atoms with Crippen molar-refractivity contribution in [2.75, 3.05) is 13.7 Å². The second kappa shape index (κ2) is 8.04. The number of nitrogens with zero attached hydrogens (tertiary/aromatic N) is 2. The summed E-state index contributed by atoms with van der Waals surface area (Å²) in [7, 11) is 1.71. The number of fused-ring (bicyclic) bond motifs is 3. The second-order valence-corrected chi connectivity index (χ2v) is 9.71. The lowest BCUT2D eigenvalue weighted by Gasteiger charge is -2.34. The fourth-order valence-corrected chi connectivity index (χ4v) is 5.50. The molecule has 1 fully saturated rings. The normalized spacial score (nSPS) is 19.2. The molecule has 1 heterocycles. The van der Waals surface area contributed by atoms with Crippen LogP contribution in [0.2, 0.25) is 0 Å². The monoisotopic (exact) mass is 396 g/mol. The van der Waals surface area contributed by atoms with Crippen molar-refractivity contribution < 1.29 is 9.53 Å². The van der Waals surface area contributed by atoms with Gasteiger partial charge in [-0.3, -0.25) is 4.79 Å². The maximum atomic E-state index is 13.5. The van der Waals surface area contributed by atoms with Crippen LogP contribution in [0.3, 0.4) is 0 Å². The Bertz CT molecular complexity index is 890. The Balaban J connectivity index is 1.72. The van der Waals surface area contributed by atoms with Gasteiger partial charge in [0.2, 0.25) is 5.91 Å². The summed E-state index contributed by atoms with van der Waals surface area (Å²) in [4.78, 5) is 15.6. The Labute approximate surface area is 175 Å². The van der Waals surface area contributed by atoms with Crippen LogP contribution in [0.4, 0.5) is 0 Å². The topological polar surface area (TPSA) is 34.5 Å². The second-order valence-electron chi connectivity index (χ2n) is 9.71. The molecule has 0 radical (unpaired) electrons. The molecule has 1 aromatic carbocycles. The Morgan fingerprint density at radius 2 is 2.00 bits per heavy atom. The maximum Gasteiger partial charge on any atom is 0.242 e. The zero-order valence-electron chi connectivity index (χ0n) is 18.6. The molecule has 0 bridgehead atoms. The van der Waals surface area contributed by atoms with Gasteiger partial charge in [0, 0.05) is 29.7 Å². The van der Waals surface area contributed by atoms with Crippen molar-refractivity contribution in [3.05, 3.63) is 29.5 Å². The Morgan fingerprint density at radius 3 is 2.69 bits per heavy atom. The van der Waals surface area contributed by atoms with E-state index in [1.165, 1.54) is 42.3 Å². The van der Waals surface area contributed by atoms with Crippen LogP contribution in [0.1, 0.15) is 70.6 Å². The van der Waals surface area contributed by atoms with E-state index in [0.29, 0.717) is 12.6 Å². The molecule has 2 aliphatic rings. The van der Waals surface area contributed by atoms with Gasteiger partial charge >= 0.3 is 0 Å². The van der Waals surface area contributed by atoms with Gasteiger partial charge in [0.25, 0.3) is 0 Å². The van der Waals surface area contributed by atoms with Gasteiger partial charge in [-0.15, -0.1) is 0 Å². The van der Waals surface area contributed by atoms with Gasteiger partial charge in [0.15, 0.2) is 0 Å². The van der Waals surface area contributed by atoms with Crippen molar-refractivity contribution in [1.29, 1.82) is 0 Å². The zero-order chi connectivity index (χ0) is 20.6. The molecule has 4 heteroatoms. The number of aryl methyl sites for hydroxylation is 1. The van der Waals surface area contributed by atoms with Gasteiger partial charge in [0.05, 0.1) is 12.6 Å². The van der Waals surface area contributed by atoms with Gasteiger partial charge in [-0.05, 0) is 62.1 Å². The number of carbonyl (C=O) groups is 1. The van der Waals surface area contributed by atoms with Crippen molar-refractivity contribution in [3.63, 3.8) is 0 Å². The van der Waals surface area contributed by atoms with Crippen molar-refractivity contribution in [1.82, 2.24) is 9.47 Å². The third-order valence-corrected chi connectivity index (χ3v) is 7.16. The molecule has 158 valence electrons. The molecule has 1 amide bonds. The minimum Gasteiger partial charge on any atom is -0.497 e. The highest BCUT2D eigenvalue weighted by Crippen LogP contribution is 2.40. The van der Waals surface area contributed by atoms with Gasteiger partial charge in [0.1, 0.15) is 12.3 Å². The molecule has 0 aliphatic heterocycles. The van der Waals surface area contributed by atoms with Crippen LogP contribution in [-0.2, 0) is 24.2 Å². The lowest BCUT2D eigenvalue weighted by molar-refractivity contribution is -0.134. The number of methoxy groups -OCH3 is 1. The van der Waals surface area contributed by atoms with Crippen molar-refractivity contribution in [2.24, 2.45) is 5.41 Å². The number of ether oxygens (including phenoxy) is 1. The third kappa shape index (κ3) is 3.91. The van der Waals surface area contributed by atoms with E-state index in [4.69, 9.17) is 4.74 Å². The van der Waals surface area contributed by atoms with Gasteiger partial charge in [-0.2, -0.15) is 0 Å². The van der Waals surface area contributed by atoms with Crippen LogP contribution in [0.25, 0.3) is 10.9 Å². The van der Waals surface area contributed by atoms with Crippen LogP contribution in [0, 0.1) is 5.41 Å². The summed E-state index contributed by atoms with van der Waals surface area (Å²) >= 11 is 0. The van der Waals surface area contributed by atoms with Crippen LogP contribution >= 0.6 is 0 Å². The number of hydrogen-bond donors (Lipinski definition) is 0. The SMILES string of the molecule is CCN(C(=O)Cn1c2c(c3ccc(OC)cc31)CCC(C)(C)C2)C1CCCCC1. The molecule has 0 atom stereocenters. The Hall–Kier alpha value is -1.97. The first-order chi connectivity index (χ1) is 13.9. The summed E-state index contributed by atoms with van der Waals surface area (Å²) in [5.41, 5.74) is 4.23. The quantitative estimate of drug-likeness (QED) is 0.683. The average molecular weight is 397 g/mol. The molecule has 0 N–H and O–H groups in total. The summed E-state index contributed by atoms with van der Waals surface area (Å²) in [6.07, 6.45) is 9.45. The lowest BCUT2D eigenvalue weighted by Crippen LogP contribution is -2.43. The van der Waals surface area contributed by atoms with E-state index >= 15 is 0 Å². The molecule has 0 unspecified atom stereocenters. The molecule has 0 spiro atoms. The molecule has 2 aromatic rings. The highest BCUT2D eigenvalue weighted by Gasteiger charge is 2.32. The first-order valence-electron chi connectivity index (χ1n) is 11.4. The fraction of sp³-hybridized carbons (Fsp3) is 0.640. The molecular weight excluding hydrogens is 360 g/mol. The van der Waals surface area contributed by atoms with E-state index in [-0.39, 0.29) is 11.3 Å². The summed E-state index contributed by atoms with van der Waals surface area (Å²) in [5, 5.41) is 1.30. The summed E-state index contributed by atoms with van der Waals surface area (Å²) in [6.45, 7) is 8.07. The molecule has 2 aliphatic carbocycles. The molecule has 1 aromatic heterocycles. The van der Waals surface area contributed by atoms with Gasteiger partial charge in [-0.1, -0.05) is 33.1 Å². The number of hydrogen-bond acceptors (Lipinski definition) is 2.